The number of pyridine rings is 1. The highest BCUT2D eigenvalue weighted by Crippen LogP contribution is 2.16. The van der Waals surface area contributed by atoms with Crippen molar-refractivity contribution in [1.82, 2.24) is 4.98 Å². The van der Waals surface area contributed by atoms with Gasteiger partial charge in [-0.3, -0.25) is 9.59 Å². The highest BCUT2D eigenvalue weighted by atomic mass is 16.2. The maximum Gasteiger partial charge on any atom is 0.267 e. The summed E-state index contributed by atoms with van der Waals surface area (Å²) in [5.41, 5.74) is 4.71. The van der Waals surface area contributed by atoms with Crippen LogP contribution in [0, 0.1) is 5.41 Å². The summed E-state index contributed by atoms with van der Waals surface area (Å²) in [7, 11) is 0. The van der Waals surface area contributed by atoms with Gasteiger partial charge in [0.25, 0.3) is 5.91 Å². The molecule has 1 aromatic heterocycles. The van der Waals surface area contributed by atoms with Crippen molar-refractivity contribution in [2.24, 2.45) is 11.1 Å². The van der Waals surface area contributed by atoms with Crippen molar-refractivity contribution in [3.05, 3.63) is 23.9 Å². The number of hydrogen-bond donors (Lipinski definition) is 2. The number of rotatable bonds is 2. The van der Waals surface area contributed by atoms with Crippen LogP contribution < -0.4 is 11.1 Å². The lowest BCUT2D eigenvalue weighted by Crippen LogP contribution is -2.28. The number of amides is 2. The molecule has 0 aromatic carbocycles. The summed E-state index contributed by atoms with van der Waals surface area (Å²) in [5, 5.41) is 2.62. The fourth-order valence-electron chi connectivity index (χ4n) is 0.945. The number of nitrogens with one attached hydrogen (secondary N) is 1. The molecular formula is C11H15N3O2. The molecule has 0 saturated carbocycles. The summed E-state index contributed by atoms with van der Waals surface area (Å²) < 4.78 is 0. The first-order valence-corrected chi connectivity index (χ1v) is 4.89. The number of primary amides is 1. The molecular weight excluding hydrogens is 206 g/mol. The van der Waals surface area contributed by atoms with E-state index >= 15 is 0 Å². The second-order valence-electron chi connectivity index (χ2n) is 4.48. The zero-order valence-electron chi connectivity index (χ0n) is 9.57. The lowest BCUT2D eigenvalue weighted by molar-refractivity contribution is -0.123. The van der Waals surface area contributed by atoms with E-state index in [1.165, 1.54) is 6.07 Å². The Hall–Kier alpha value is -1.91. The molecule has 5 heteroatoms. The fraction of sp³-hybridized carbons (Fsp3) is 0.364. The largest absolute Gasteiger partial charge is 0.364 e. The summed E-state index contributed by atoms with van der Waals surface area (Å²) in [6.07, 6.45) is 0. The van der Waals surface area contributed by atoms with Crippen LogP contribution >= 0.6 is 0 Å². The van der Waals surface area contributed by atoms with Crippen molar-refractivity contribution in [3.63, 3.8) is 0 Å². The predicted octanol–water partition coefficient (Wildman–Crippen LogP) is 1.17. The van der Waals surface area contributed by atoms with Crippen LogP contribution in [0.5, 0.6) is 0 Å². The quantitative estimate of drug-likeness (QED) is 0.786. The van der Waals surface area contributed by atoms with Crippen LogP contribution in [0.4, 0.5) is 5.82 Å². The topological polar surface area (TPSA) is 85.1 Å². The van der Waals surface area contributed by atoms with E-state index in [4.69, 9.17) is 5.73 Å². The van der Waals surface area contributed by atoms with Gasteiger partial charge in [0.2, 0.25) is 5.91 Å². The van der Waals surface area contributed by atoms with Crippen LogP contribution in [-0.2, 0) is 4.79 Å². The zero-order valence-corrected chi connectivity index (χ0v) is 9.57. The molecule has 16 heavy (non-hydrogen) atoms. The summed E-state index contributed by atoms with van der Waals surface area (Å²) in [5.74, 6) is -0.454. The Bertz CT molecular complexity index is 421. The molecule has 0 atom stereocenters. The molecule has 1 rings (SSSR count). The van der Waals surface area contributed by atoms with Gasteiger partial charge >= 0.3 is 0 Å². The molecule has 0 fully saturated rings. The number of aromatic nitrogens is 1. The molecule has 0 aliphatic heterocycles. The first-order chi connectivity index (χ1) is 7.30. The minimum atomic E-state index is -0.619. The minimum absolute atomic E-state index is 0.131. The van der Waals surface area contributed by atoms with Gasteiger partial charge in [0.05, 0.1) is 0 Å². The van der Waals surface area contributed by atoms with Gasteiger partial charge in [0.1, 0.15) is 11.5 Å². The van der Waals surface area contributed by atoms with Crippen LogP contribution in [0.25, 0.3) is 0 Å². The van der Waals surface area contributed by atoms with Crippen LogP contribution in [0.2, 0.25) is 0 Å². The standard InChI is InChI=1S/C11H15N3O2/c1-11(2,3)10(16)14-8-6-4-5-7(13-8)9(12)15/h4-6H,1-3H3,(H2,12,15)(H,13,14,16). The van der Waals surface area contributed by atoms with Crippen LogP contribution in [0.1, 0.15) is 31.3 Å². The number of carbonyl (C=O) groups excluding carboxylic acids is 2. The van der Waals surface area contributed by atoms with E-state index in [-0.39, 0.29) is 11.6 Å². The SMILES string of the molecule is CC(C)(C)C(=O)Nc1cccc(C(N)=O)n1. The Morgan fingerprint density at radius 1 is 1.31 bits per heavy atom. The first kappa shape index (κ1) is 12.2. The lowest BCUT2D eigenvalue weighted by Gasteiger charge is -2.17. The summed E-state index contributed by atoms with van der Waals surface area (Å²) >= 11 is 0. The van der Waals surface area contributed by atoms with Crippen LogP contribution in [-0.4, -0.2) is 16.8 Å². The van der Waals surface area contributed by atoms with Gasteiger partial charge in [-0.1, -0.05) is 26.8 Å². The predicted molar refractivity (Wildman–Crippen MR) is 60.8 cm³/mol. The van der Waals surface area contributed by atoms with E-state index < -0.39 is 11.3 Å². The number of carbonyl (C=O) groups is 2. The zero-order chi connectivity index (χ0) is 12.3. The molecule has 3 N–H and O–H groups in total. The third kappa shape index (κ3) is 3.05. The van der Waals surface area contributed by atoms with Gasteiger partial charge in [-0.2, -0.15) is 0 Å². The number of nitrogens with zero attached hydrogens (tertiary/aromatic N) is 1. The van der Waals surface area contributed by atoms with Crippen molar-refractivity contribution in [3.8, 4) is 0 Å². The Labute approximate surface area is 94.1 Å². The van der Waals surface area contributed by atoms with Gasteiger partial charge in [-0.25, -0.2) is 4.98 Å². The van der Waals surface area contributed by atoms with Gasteiger partial charge in [-0.15, -0.1) is 0 Å². The second kappa shape index (κ2) is 4.30. The van der Waals surface area contributed by atoms with E-state index in [1.54, 1.807) is 32.9 Å². The first-order valence-electron chi connectivity index (χ1n) is 4.89. The molecule has 0 saturated heterocycles. The molecule has 0 radical (unpaired) electrons. The van der Waals surface area contributed by atoms with Crippen molar-refractivity contribution >= 4 is 17.6 Å². The summed E-state index contributed by atoms with van der Waals surface area (Å²) in [6.45, 7) is 5.38. The van der Waals surface area contributed by atoms with E-state index in [0.29, 0.717) is 5.82 Å². The van der Waals surface area contributed by atoms with Gasteiger partial charge in [0.15, 0.2) is 0 Å². The minimum Gasteiger partial charge on any atom is -0.364 e. The number of nitrogens with two attached hydrogens (primary N) is 1. The fourth-order valence-corrected chi connectivity index (χ4v) is 0.945. The van der Waals surface area contributed by atoms with Crippen LogP contribution in [0.3, 0.4) is 0 Å². The monoisotopic (exact) mass is 221 g/mol. The maximum absolute atomic E-state index is 11.6. The van der Waals surface area contributed by atoms with E-state index in [1.807, 2.05) is 0 Å². The smallest absolute Gasteiger partial charge is 0.267 e. The highest BCUT2D eigenvalue weighted by molar-refractivity contribution is 5.95. The van der Waals surface area contributed by atoms with Gasteiger partial charge < -0.3 is 11.1 Å². The van der Waals surface area contributed by atoms with Crippen molar-refractivity contribution in [2.45, 2.75) is 20.8 Å². The number of hydrogen-bond acceptors (Lipinski definition) is 3. The third-order valence-electron chi connectivity index (χ3n) is 1.92. The molecule has 0 bridgehead atoms. The van der Waals surface area contributed by atoms with Gasteiger partial charge in [0, 0.05) is 5.41 Å². The Morgan fingerprint density at radius 3 is 2.44 bits per heavy atom. The average molecular weight is 221 g/mol. The third-order valence-corrected chi connectivity index (χ3v) is 1.92. The molecule has 0 aliphatic carbocycles. The molecule has 5 nitrogen and oxygen atoms in total. The van der Waals surface area contributed by atoms with Gasteiger partial charge in [-0.05, 0) is 12.1 Å². The van der Waals surface area contributed by atoms with E-state index in [0.717, 1.165) is 0 Å². The molecule has 0 unspecified atom stereocenters. The normalized spacial score (nSPS) is 10.9. The highest BCUT2D eigenvalue weighted by Gasteiger charge is 2.21. The molecule has 1 aromatic rings. The lowest BCUT2D eigenvalue weighted by atomic mass is 9.96. The summed E-state index contributed by atoms with van der Waals surface area (Å²) in [4.78, 5) is 26.4. The maximum atomic E-state index is 11.6. The second-order valence-corrected chi connectivity index (χ2v) is 4.48. The van der Waals surface area contributed by atoms with Crippen molar-refractivity contribution in [1.29, 1.82) is 0 Å². The van der Waals surface area contributed by atoms with Crippen LogP contribution in [0.15, 0.2) is 18.2 Å². The van der Waals surface area contributed by atoms with Crippen molar-refractivity contribution < 1.29 is 9.59 Å². The van der Waals surface area contributed by atoms with E-state index in [2.05, 4.69) is 10.3 Å². The van der Waals surface area contributed by atoms with E-state index in [9.17, 15) is 9.59 Å². The Morgan fingerprint density at radius 2 is 1.94 bits per heavy atom. The summed E-state index contributed by atoms with van der Waals surface area (Å²) in [6, 6.07) is 4.72. The molecule has 2 amide bonds. The molecule has 0 spiro atoms. The Balaban J connectivity index is 2.87. The molecule has 1 heterocycles. The average Bonchev–Trinajstić information content (AvgIpc) is 2.16. The molecule has 0 aliphatic rings. The molecule has 86 valence electrons. The Kier molecular flexibility index (Phi) is 3.27. The number of anilines is 1. The van der Waals surface area contributed by atoms with Crippen molar-refractivity contribution in [2.75, 3.05) is 5.32 Å².